The Morgan fingerprint density at radius 3 is 2.20 bits per heavy atom. The van der Waals surface area contributed by atoms with E-state index in [-0.39, 0.29) is 52.3 Å². The van der Waals surface area contributed by atoms with E-state index in [1.807, 2.05) is 13.8 Å². The smallest absolute Gasteiger partial charge is 0.306 e. The number of carboxylic acids is 1. The van der Waals surface area contributed by atoms with Crippen LogP contribution in [-0.2, 0) is 23.8 Å². The molecule has 0 spiro atoms. The lowest BCUT2D eigenvalue weighted by atomic mass is 9.41. The number of carbonyl (C=O) groups is 2. The van der Waals surface area contributed by atoms with Gasteiger partial charge in [-0.1, -0.05) is 53.2 Å². The molecule has 4 unspecified atom stereocenters. The second kappa shape index (κ2) is 12.8. The quantitative estimate of drug-likeness (QED) is 0.172. The average molecular weight is 647 g/mol. The SMILES string of the molecule is CO[C@@H]([C@@H](CC(C)[C@@H]1CC[C@]2(C)C3=CCC4C(C)(C)C(OC(=O)CCC(=O)O)CC[C@]4(C)C3CC[C@@]12C)OC(C)(C)C)C(C)(C)O. The average Bonchev–Trinajstić information content (AvgIpc) is 3.19. The summed E-state index contributed by atoms with van der Waals surface area (Å²) >= 11 is 0. The fourth-order valence-corrected chi connectivity index (χ4v) is 11.4. The molecule has 3 fully saturated rings. The van der Waals surface area contributed by atoms with E-state index in [4.69, 9.17) is 19.3 Å². The van der Waals surface area contributed by atoms with Crippen molar-refractivity contribution in [3.63, 3.8) is 0 Å². The maximum Gasteiger partial charge on any atom is 0.306 e. The number of fused-ring (bicyclic) bond motifs is 5. The van der Waals surface area contributed by atoms with Crippen LogP contribution in [0.1, 0.15) is 140 Å². The number of carboxylic acid groups (broad SMARTS) is 1. The van der Waals surface area contributed by atoms with E-state index in [1.165, 1.54) is 25.7 Å². The monoisotopic (exact) mass is 646 g/mol. The fraction of sp³-hybridized carbons (Fsp3) is 0.897. The number of hydrogen-bond donors (Lipinski definition) is 2. The zero-order chi connectivity index (χ0) is 34.7. The maximum absolute atomic E-state index is 12.6. The van der Waals surface area contributed by atoms with Crippen LogP contribution in [0, 0.1) is 45.3 Å². The van der Waals surface area contributed by atoms with Gasteiger partial charge in [0.15, 0.2) is 0 Å². The van der Waals surface area contributed by atoms with E-state index in [9.17, 15) is 14.7 Å². The summed E-state index contributed by atoms with van der Waals surface area (Å²) in [7, 11) is 1.68. The topological polar surface area (TPSA) is 102 Å². The number of rotatable bonds is 11. The van der Waals surface area contributed by atoms with Crippen LogP contribution in [-0.4, -0.2) is 58.8 Å². The van der Waals surface area contributed by atoms with E-state index >= 15 is 0 Å². The van der Waals surface area contributed by atoms with Crippen molar-refractivity contribution in [3.8, 4) is 0 Å². The number of aliphatic hydroxyl groups is 1. The lowest BCUT2D eigenvalue weighted by Crippen LogP contribution is -2.58. The number of hydrogen-bond acceptors (Lipinski definition) is 6. The molecular formula is C39H66O7. The first-order valence-electron chi connectivity index (χ1n) is 18.1. The Kier molecular flexibility index (Phi) is 10.4. The standard InChI is InChI=1S/C39H66O7/c1-24(23-28(46-34(2,3)4)33(44-12)36(7,8)43)25-17-21-39(11)27-13-14-29-35(5,6)30(45-32(42)16-15-31(40)41)19-20-37(29,9)26(27)18-22-38(25,39)10/h13,24-26,28-30,33,43H,14-23H2,1-12H3,(H,40,41)/t24?,25-,26?,28+,29?,30?,33-,37+,38-,39+/m0/s1. The largest absolute Gasteiger partial charge is 0.481 e. The van der Waals surface area contributed by atoms with Crippen molar-refractivity contribution < 1.29 is 34.0 Å². The Morgan fingerprint density at radius 2 is 1.63 bits per heavy atom. The summed E-state index contributed by atoms with van der Waals surface area (Å²) in [6, 6.07) is 0. The molecule has 4 aliphatic rings. The minimum Gasteiger partial charge on any atom is -0.481 e. The van der Waals surface area contributed by atoms with Gasteiger partial charge >= 0.3 is 11.9 Å². The van der Waals surface area contributed by atoms with Gasteiger partial charge in [0.05, 0.1) is 30.1 Å². The number of carbonyl (C=O) groups excluding carboxylic acids is 1. The van der Waals surface area contributed by atoms with E-state index < -0.39 is 23.6 Å². The Morgan fingerprint density at radius 1 is 0.978 bits per heavy atom. The fourth-order valence-electron chi connectivity index (χ4n) is 11.4. The second-order valence-electron chi connectivity index (χ2n) is 18.5. The number of allylic oxidation sites excluding steroid dienone is 2. The van der Waals surface area contributed by atoms with Crippen molar-refractivity contribution in [1.82, 2.24) is 0 Å². The normalized spacial score (nSPS) is 37.6. The molecule has 3 saturated carbocycles. The molecule has 0 bridgehead atoms. The van der Waals surface area contributed by atoms with Gasteiger partial charge < -0.3 is 24.4 Å². The van der Waals surface area contributed by atoms with Crippen molar-refractivity contribution in [2.75, 3.05) is 7.11 Å². The van der Waals surface area contributed by atoms with Crippen LogP contribution in [0.3, 0.4) is 0 Å². The van der Waals surface area contributed by atoms with Gasteiger partial charge in [0, 0.05) is 12.5 Å². The van der Waals surface area contributed by atoms with Gasteiger partial charge in [-0.2, -0.15) is 0 Å². The van der Waals surface area contributed by atoms with E-state index in [1.54, 1.807) is 12.7 Å². The highest BCUT2D eigenvalue weighted by atomic mass is 16.6. The minimum absolute atomic E-state index is 0.0694. The molecular weight excluding hydrogens is 580 g/mol. The third-order valence-corrected chi connectivity index (χ3v) is 13.7. The highest BCUT2D eigenvalue weighted by molar-refractivity contribution is 5.76. The molecule has 0 saturated heterocycles. The summed E-state index contributed by atoms with van der Waals surface area (Å²) in [6.07, 6.45) is 9.97. The number of methoxy groups -OCH3 is 1. The molecule has 0 aromatic rings. The summed E-state index contributed by atoms with van der Waals surface area (Å²) < 4.78 is 18.5. The van der Waals surface area contributed by atoms with Crippen LogP contribution < -0.4 is 0 Å². The highest BCUT2D eigenvalue weighted by Gasteiger charge is 2.65. The lowest BCUT2D eigenvalue weighted by Gasteiger charge is -2.64. The Labute approximate surface area is 279 Å². The zero-order valence-electron chi connectivity index (χ0n) is 31.1. The summed E-state index contributed by atoms with van der Waals surface area (Å²) in [4.78, 5) is 23.6. The van der Waals surface area contributed by atoms with Gasteiger partial charge in [-0.15, -0.1) is 0 Å². The molecule has 264 valence electrons. The van der Waals surface area contributed by atoms with Crippen molar-refractivity contribution in [2.24, 2.45) is 45.3 Å². The van der Waals surface area contributed by atoms with Gasteiger partial charge in [-0.05, 0) is 126 Å². The van der Waals surface area contributed by atoms with Gasteiger partial charge in [0.25, 0.3) is 0 Å². The molecule has 10 atom stereocenters. The summed E-state index contributed by atoms with van der Waals surface area (Å²) in [5.74, 6) is 0.516. The van der Waals surface area contributed by atoms with Crippen molar-refractivity contribution in [3.05, 3.63) is 11.6 Å². The molecule has 0 aromatic carbocycles. The van der Waals surface area contributed by atoms with Gasteiger partial charge in [0.1, 0.15) is 12.2 Å². The van der Waals surface area contributed by atoms with E-state index in [0.717, 1.165) is 25.7 Å². The number of ether oxygens (including phenoxy) is 3. The summed E-state index contributed by atoms with van der Waals surface area (Å²) in [6.45, 7) is 24.5. The third-order valence-electron chi connectivity index (χ3n) is 13.7. The first-order valence-corrected chi connectivity index (χ1v) is 18.1. The Hall–Kier alpha value is -1.44. The molecule has 4 rings (SSSR count). The van der Waals surface area contributed by atoms with Crippen LogP contribution >= 0.6 is 0 Å². The van der Waals surface area contributed by atoms with Crippen molar-refractivity contribution in [1.29, 1.82) is 0 Å². The van der Waals surface area contributed by atoms with Gasteiger partial charge in [-0.3, -0.25) is 9.59 Å². The van der Waals surface area contributed by atoms with Crippen molar-refractivity contribution >= 4 is 11.9 Å². The molecule has 0 amide bonds. The molecule has 0 heterocycles. The number of esters is 1. The minimum atomic E-state index is -1.01. The molecule has 7 heteroatoms. The molecule has 0 radical (unpaired) electrons. The summed E-state index contributed by atoms with van der Waals surface area (Å²) in [5, 5.41) is 20.1. The first-order chi connectivity index (χ1) is 21.0. The molecule has 46 heavy (non-hydrogen) atoms. The maximum atomic E-state index is 12.6. The van der Waals surface area contributed by atoms with Gasteiger partial charge in [-0.25, -0.2) is 0 Å². The van der Waals surface area contributed by atoms with Crippen molar-refractivity contribution in [2.45, 2.75) is 170 Å². The number of aliphatic carboxylic acids is 1. The Balaban J connectivity index is 1.57. The van der Waals surface area contributed by atoms with Crippen LogP contribution in [0.4, 0.5) is 0 Å². The first kappa shape index (κ1) is 37.4. The lowest BCUT2D eigenvalue weighted by molar-refractivity contribution is -0.183. The predicted molar refractivity (Wildman–Crippen MR) is 181 cm³/mol. The molecule has 7 nitrogen and oxygen atoms in total. The van der Waals surface area contributed by atoms with Crippen LogP contribution in [0.15, 0.2) is 11.6 Å². The van der Waals surface area contributed by atoms with Crippen LogP contribution in [0.5, 0.6) is 0 Å². The predicted octanol–water partition coefficient (Wildman–Crippen LogP) is 8.36. The molecule has 0 aromatic heterocycles. The van der Waals surface area contributed by atoms with Crippen LogP contribution in [0.2, 0.25) is 0 Å². The molecule has 0 aliphatic heterocycles. The van der Waals surface area contributed by atoms with E-state index in [2.05, 4.69) is 68.4 Å². The van der Waals surface area contributed by atoms with E-state index in [0.29, 0.717) is 23.7 Å². The highest BCUT2D eigenvalue weighted by Crippen LogP contribution is 2.73. The Bertz CT molecular complexity index is 1160. The second-order valence-corrected chi connectivity index (χ2v) is 18.5. The molecule has 2 N–H and O–H groups in total. The zero-order valence-corrected chi connectivity index (χ0v) is 31.1. The summed E-state index contributed by atoms with van der Waals surface area (Å²) in [5.41, 5.74) is 0.563. The van der Waals surface area contributed by atoms with Crippen LogP contribution in [0.25, 0.3) is 0 Å². The third kappa shape index (κ3) is 6.72. The molecule has 4 aliphatic carbocycles. The van der Waals surface area contributed by atoms with Gasteiger partial charge in [0.2, 0.25) is 0 Å².